The van der Waals surface area contributed by atoms with E-state index in [0.29, 0.717) is 31.8 Å². The molecular formula is C56H78N10O5S. The van der Waals surface area contributed by atoms with Crippen LogP contribution in [0, 0.1) is 16.7 Å². The molecule has 7 aliphatic rings. The fourth-order valence-corrected chi connectivity index (χ4v) is 14.6. The zero-order valence-corrected chi connectivity index (χ0v) is 44.3. The summed E-state index contributed by atoms with van der Waals surface area (Å²) in [5.41, 5.74) is 11.3. The third-order valence-corrected chi connectivity index (χ3v) is 18.6. The predicted molar refractivity (Wildman–Crippen MR) is 283 cm³/mol. The average Bonchev–Trinajstić information content (AvgIpc) is 4.28. The van der Waals surface area contributed by atoms with E-state index < -0.39 is 17.5 Å². The third kappa shape index (κ3) is 9.85. The number of hydrogen-bond acceptors (Lipinski definition) is 13. The summed E-state index contributed by atoms with van der Waals surface area (Å²) in [6.07, 6.45) is 14.1. The molecule has 0 unspecified atom stereocenters. The molecule has 16 heteroatoms. The van der Waals surface area contributed by atoms with Gasteiger partial charge in [0.05, 0.1) is 52.7 Å². The fraction of sp³-hybridized carbons (Fsp3) is 0.661. The number of fused-ring (bicyclic) bond motifs is 7. The van der Waals surface area contributed by atoms with Crippen LogP contribution in [0.5, 0.6) is 0 Å². The van der Waals surface area contributed by atoms with Gasteiger partial charge in [0, 0.05) is 98.2 Å². The molecule has 1 aliphatic carbocycles. The number of pyridine rings is 1. The second-order valence-corrected chi connectivity index (χ2v) is 24.2. The van der Waals surface area contributed by atoms with Crippen LogP contribution in [-0.2, 0) is 43.2 Å². The molecule has 1 saturated carbocycles. The molecular weight excluding hydrogens is 925 g/mol. The van der Waals surface area contributed by atoms with Crippen molar-refractivity contribution in [3.8, 4) is 22.5 Å². The van der Waals surface area contributed by atoms with Crippen molar-refractivity contribution < 1.29 is 23.9 Å². The Kier molecular flexibility index (Phi) is 14.3. The van der Waals surface area contributed by atoms with Crippen LogP contribution in [0.3, 0.4) is 0 Å². The Morgan fingerprint density at radius 1 is 1.01 bits per heavy atom. The maximum absolute atomic E-state index is 14.9. The summed E-state index contributed by atoms with van der Waals surface area (Å²) in [5.74, 6) is -0.440. The van der Waals surface area contributed by atoms with Crippen molar-refractivity contribution in [2.75, 3.05) is 77.5 Å². The smallest absolute Gasteiger partial charge is 0.324 e. The van der Waals surface area contributed by atoms with Gasteiger partial charge < -0.3 is 29.6 Å². The van der Waals surface area contributed by atoms with Gasteiger partial charge in [0.1, 0.15) is 12.1 Å². The number of hydrogen-bond donors (Lipinski definition) is 3. The molecule has 6 aliphatic heterocycles. The highest BCUT2D eigenvalue weighted by Crippen LogP contribution is 2.44. The molecule has 6 fully saturated rings. The molecule has 4 aromatic rings. The normalized spacial score (nSPS) is 27.5. The van der Waals surface area contributed by atoms with E-state index in [1.165, 1.54) is 42.7 Å². The molecule has 15 nitrogen and oxygen atoms in total. The van der Waals surface area contributed by atoms with E-state index in [4.69, 9.17) is 19.4 Å². The maximum atomic E-state index is 14.9. The summed E-state index contributed by atoms with van der Waals surface area (Å²) in [5, 5.41) is 12.5. The number of amides is 2. The molecule has 6 atom stereocenters. The highest BCUT2D eigenvalue weighted by atomic mass is 32.1. The van der Waals surface area contributed by atoms with Gasteiger partial charge in [-0.15, -0.1) is 11.3 Å². The van der Waals surface area contributed by atoms with E-state index in [1.807, 2.05) is 0 Å². The topological polar surface area (TPSA) is 149 Å². The van der Waals surface area contributed by atoms with Crippen LogP contribution in [0.4, 0.5) is 5.69 Å². The number of aromatic nitrogens is 3. The Morgan fingerprint density at radius 2 is 1.86 bits per heavy atom. The number of thiazole rings is 1. The first-order valence-electron chi connectivity index (χ1n) is 27.5. The molecule has 5 saturated heterocycles. The van der Waals surface area contributed by atoms with Crippen molar-refractivity contribution in [2.45, 2.75) is 148 Å². The predicted octanol–water partition coefficient (Wildman–Crippen LogP) is 7.12. The van der Waals surface area contributed by atoms with E-state index in [9.17, 15) is 14.4 Å². The van der Waals surface area contributed by atoms with Crippen LogP contribution in [-0.4, -0.2) is 144 Å². The number of esters is 1. The first-order chi connectivity index (χ1) is 34.9. The Balaban J connectivity index is 0.976. The SMILES string of the molecule is CCn1c(-c2cc(N3CCN4CCCC[C@@H]4C3)cnc2[C@H](C)OC)c2c3cc(ccc31)-c1csc(n1)C[C@H](NC(=O)[C@H](C1CCCC1)N1CC[C@]3(CCNC3)C1)C(=O)N1CCC[C@H](N1)C(=O)OCC(C)(C)C2. The largest absolute Gasteiger partial charge is 0.464 e. The van der Waals surface area contributed by atoms with E-state index in [2.05, 4.69) is 98.9 Å². The number of methoxy groups -OCH3 is 1. The molecule has 1 spiro atoms. The van der Waals surface area contributed by atoms with Gasteiger partial charge in [-0.05, 0) is 126 Å². The maximum Gasteiger partial charge on any atom is 0.324 e. The van der Waals surface area contributed by atoms with Gasteiger partial charge in [-0.2, -0.15) is 0 Å². The van der Waals surface area contributed by atoms with Crippen molar-refractivity contribution in [2.24, 2.45) is 16.7 Å². The lowest BCUT2D eigenvalue weighted by Crippen LogP contribution is -2.62. The highest BCUT2D eigenvalue weighted by Gasteiger charge is 2.47. The fourth-order valence-electron chi connectivity index (χ4n) is 13.7. The number of carbonyl (C=O) groups excluding carboxylic acids is 3. The first kappa shape index (κ1) is 49.7. The minimum Gasteiger partial charge on any atom is -0.464 e. The monoisotopic (exact) mass is 1000 g/mol. The van der Waals surface area contributed by atoms with Gasteiger partial charge in [0.15, 0.2) is 0 Å². The van der Waals surface area contributed by atoms with E-state index >= 15 is 0 Å². The lowest BCUT2D eigenvalue weighted by atomic mass is 9.84. The number of carbonyl (C=O) groups is 3. The number of piperidine rings is 1. The molecule has 72 heavy (non-hydrogen) atoms. The van der Waals surface area contributed by atoms with Crippen molar-refractivity contribution in [3.63, 3.8) is 0 Å². The van der Waals surface area contributed by atoms with Crippen LogP contribution in [0.15, 0.2) is 35.8 Å². The summed E-state index contributed by atoms with van der Waals surface area (Å²) in [4.78, 5) is 62.2. The summed E-state index contributed by atoms with van der Waals surface area (Å²) >= 11 is 1.53. The van der Waals surface area contributed by atoms with Crippen LogP contribution in [0.25, 0.3) is 33.4 Å². The lowest BCUT2D eigenvalue weighted by molar-refractivity contribution is -0.155. The number of anilines is 1. The van der Waals surface area contributed by atoms with Crippen molar-refractivity contribution in [1.82, 2.24) is 45.4 Å². The summed E-state index contributed by atoms with van der Waals surface area (Å²) in [6, 6.07) is 7.73. The number of nitrogens with zero attached hydrogens (tertiary/aromatic N) is 7. The van der Waals surface area contributed by atoms with Gasteiger partial charge >= 0.3 is 5.97 Å². The standard InChI is InChI=1S/C56H78N10O5S/c1-6-65-47-17-16-38-26-41(47)43(51(65)42-27-40(30-58-49(42)36(2)70-5)63-25-24-62-21-10-9-14-39(62)31-63)29-55(3,4)35-71-54(69)44-15-11-22-66(61-44)53(68)45(28-48-59-46(38)32-72-48)60-52(67)50(37-12-7-8-13-37)64-23-19-56(34-64)18-20-57-33-56/h16-17,26-27,30,32,36-37,39,44-45,50,57,61H,6-15,18-25,28-29,31,33-35H2,1-5H3,(H,60,67)/t36-,39+,44-,45-,50-,56-/m0/s1. The van der Waals surface area contributed by atoms with E-state index in [-0.39, 0.29) is 54.3 Å². The highest BCUT2D eigenvalue weighted by molar-refractivity contribution is 7.10. The second kappa shape index (κ2) is 20.7. The number of hydrazine groups is 1. The summed E-state index contributed by atoms with van der Waals surface area (Å²) < 4.78 is 14.8. The minimum atomic E-state index is -0.875. The second-order valence-electron chi connectivity index (χ2n) is 23.2. The number of benzene rings is 1. The molecule has 0 radical (unpaired) electrons. The van der Waals surface area contributed by atoms with Gasteiger partial charge in [-0.25, -0.2) is 10.4 Å². The minimum absolute atomic E-state index is 0.0674. The number of likely N-dealkylation sites (tertiary alicyclic amines) is 1. The Hall–Kier alpha value is -4.45. The zero-order chi connectivity index (χ0) is 49.7. The van der Waals surface area contributed by atoms with Crippen LogP contribution < -0.4 is 21.0 Å². The molecule has 388 valence electrons. The molecule has 11 rings (SSSR count). The van der Waals surface area contributed by atoms with E-state index in [0.717, 1.165) is 141 Å². The van der Waals surface area contributed by atoms with Gasteiger partial charge in [-0.3, -0.25) is 34.2 Å². The van der Waals surface area contributed by atoms with Crippen molar-refractivity contribution >= 4 is 45.7 Å². The first-order valence-corrected chi connectivity index (χ1v) is 28.4. The van der Waals surface area contributed by atoms with Crippen LogP contribution in [0.2, 0.25) is 0 Å². The number of cyclic esters (lactones) is 1. The van der Waals surface area contributed by atoms with Crippen LogP contribution >= 0.6 is 11.3 Å². The Labute approximate surface area is 430 Å². The molecule has 3 aromatic heterocycles. The average molecular weight is 1000 g/mol. The van der Waals surface area contributed by atoms with Gasteiger partial charge in [-0.1, -0.05) is 39.2 Å². The quantitative estimate of drug-likeness (QED) is 0.147. The number of aryl methyl sites for hydroxylation is 1. The van der Waals surface area contributed by atoms with Gasteiger partial charge in [0.2, 0.25) is 5.91 Å². The van der Waals surface area contributed by atoms with Crippen molar-refractivity contribution in [3.05, 3.63) is 52.1 Å². The summed E-state index contributed by atoms with van der Waals surface area (Å²) in [7, 11) is 1.75. The molecule has 9 heterocycles. The van der Waals surface area contributed by atoms with Gasteiger partial charge in [0.25, 0.3) is 5.91 Å². The molecule has 2 amide bonds. The summed E-state index contributed by atoms with van der Waals surface area (Å²) in [6.45, 7) is 18.0. The molecule has 6 bridgehead atoms. The third-order valence-electron chi connectivity index (χ3n) is 17.7. The Bertz CT molecular complexity index is 2640. The Morgan fingerprint density at radius 3 is 2.67 bits per heavy atom. The number of nitrogens with one attached hydrogen (secondary N) is 3. The van der Waals surface area contributed by atoms with Crippen LogP contribution in [0.1, 0.15) is 121 Å². The number of ether oxygens (including phenoxy) is 2. The molecule has 3 N–H and O–H groups in total. The van der Waals surface area contributed by atoms with E-state index in [1.54, 1.807) is 12.1 Å². The number of rotatable bonds is 9. The zero-order valence-electron chi connectivity index (χ0n) is 43.5. The lowest BCUT2D eigenvalue weighted by Gasteiger charge is -2.45. The number of piperazine rings is 1. The molecule has 1 aromatic carbocycles. The van der Waals surface area contributed by atoms with Crippen molar-refractivity contribution in [1.29, 1.82) is 0 Å².